The van der Waals surface area contributed by atoms with Gasteiger partial charge in [0.05, 0.1) is 5.25 Å². The molecule has 3 rings (SSSR count). The van der Waals surface area contributed by atoms with Crippen molar-refractivity contribution in [2.75, 3.05) is 20.4 Å². The molecule has 3 unspecified atom stereocenters. The van der Waals surface area contributed by atoms with Crippen LogP contribution >= 0.6 is 0 Å². The topological polar surface area (TPSA) is 84.5 Å². The maximum atomic E-state index is 13.9. The molecule has 0 radical (unpaired) electrons. The van der Waals surface area contributed by atoms with Crippen molar-refractivity contribution in [1.82, 2.24) is 24.3 Å². The second-order valence-electron chi connectivity index (χ2n) is 7.50. The Morgan fingerprint density at radius 1 is 1.19 bits per heavy atom. The molecule has 176 valence electrons. The summed E-state index contributed by atoms with van der Waals surface area (Å²) in [5, 5.41) is 1.92. The minimum atomic E-state index is -5.76. The summed E-state index contributed by atoms with van der Waals surface area (Å²) in [7, 11) is 4.18. The number of carbonyl (C=O) groups is 1. The Kier molecular flexibility index (Phi) is 5.95. The third kappa shape index (κ3) is 3.91. The van der Waals surface area contributed by atoms with Crippen molar-refractivity contribution in [3.05, 3.63) is 29.7 Å². The number of aliphatic imine (C=N–C) groups is 1. The minimum absolute atomic E-state index is 0.0168. The Morgan fingerprint density at radius 2 is 1.81 bits per heavy atom. The van der Waals surface area contributed by atoms with Crippen LogP contribution in [0.3, 0.4) is 0 Å². The quantitative estimate of drug-likeness (QED) is 0.686. The van der Waals surface area contributed by atoms with E-state index < -0.39 is 45.9 Å². The first kappa shape index (κ1) is 23.9. The first-order valence-corrected chi connectivity index (χ1v) is 10.8. The molecule has 3 heterocycles. The molecule has 0 aromatic carbocycles. The number of carbonyl (C=O) groups excluding carboxylic acids is 1. The third-order valence-corrected chi connectivity index (χ3v) is 6.26. The molecule has 2 aromatic rings. The Balaban J connectivity index is 2.10. The van der Waals surface area contributed by atoms with Crippen LogP contribution < -0.4 is 5.32 Å². The van der Waals surface area contributed by atoms with Gasteiger partial charge in [-0.2, -0.15) is 22.0 Å². The van der Waals surface area contributed by atoms with Crippen molar-refractivity contribution in [2.45, 2.75) is 23.4 Å². The lowest BCUT2D eigenvalue weighted by Gasteiger charge is -2.24. The molecule has 0 fully saturated rings. The normalized spacial score (nSPS) is 20.4. The van der Waals surface area contributed by atoms with Crippen LogP contribution in [0.5, 0.6) is 0 Å². The number of amides is 2. The summed E-state index contributed by atoms with van der Waals surface area (Å²) in [5.74, 6) is -4.69. The van der Waals surface area contributed by atoms with Crippen LogP contribution in [0.15, 0.2) is 23.2 Å². The van der Waals surface area contributed by atoms with Gasteiger partial charge in [-0.1, -0.05) is 6.08 Å². The van der Waals surface area contributed by atoms with E-state index >= 15 is 0 Å². The number of hydrogen-bond acceptors (Lipinski definition) is 4. The second-order valence-corrected chi connectivity index (χ2v) is 9.05. The molecule has 2 amide bonds. The first-order chi connectivity index (χ1) is 14.7. The number of halogens is 5. The number of fused-ring (bicyclic) bond motifs is 1. The van der Waals surface area contributed by atoms with Crippen molar-refractivity contribution >= 4 is 33.8 Å². The molecular formula is C18H21F5N6O2S. The van der Waals surface area contributed by atoms with Crippen LogP contribution in [0.25, 0.3) is 11.2 Å². The van der Waals surface area contributed by atoms with Gasteiger partial charge in [-0.15, -0.1) is 0 Å². The number of nitrogens with one attached hydrogen (secondary N) is 1. The van der Waals surface area contributed by atoms with Gasteiger partial charge in [-0.05, 0) is 12.1 Å². The van der Waals surface area contributed by atoms with Crippen molar-refractivity contribution < 1.29 is 31.0 Å². The molecule has 0 aliphatic carbocycles. The number of rotatable bonds is 3. The molecule has 0 saturated heterocycles. The smallest absolute Gasteiger partial charge is 0.331 e. The van der Waals surface area contributed by atoms with E-state index in [0.717, 1.165) is 11.6 Å². The van der Waals surface area contributed by atoms with E-state index in [4.69, 9.17) is 0 Å². The van der Waals surface area contributed by atoms with Gasteiger partial charge in [0, 0.05) is 45.2 Å². The highest BCUT2D eigenvalue weighted by Crippen LogP contribution is 2.45. The van der Waals surface area contributed by atoms with Gasteiger partial charge >= 0.3 is 18.1 Å². The number of nitrogens with zero attached hydrogens (tertiary/aromatic N) is 5. The molecule has 1 aliphatic heterocycles. The van der Waals surface area contributed by atoms with Gasteiger partial charge < -0.3 is 14.0 Å². The van der Waals surface area contributed by atoms with Crippen LogP contribution in [-0.2, 0) is 30.8 Å². The van der Waals surface area contributed by atoms with Gasteiger partial charge in [0.25, 0.3) is 0 Å². The van der Waals surface area contributed by atoms with Gasteiger partial charge in [0.15, 0.2) is 0 Å². The molecule has 0 saturated carbocycles. The maximum Gasteiger partial charge on any atom is 0.459 e. The van der Waals surface area contributed by atoms with Crippen LogP contribution in [0.2, 0.25) is 0 Å². The molecule has 0 spiro atoms. The summed E-state index contributed by atoms with van der Waals surface area (Å²) < 4.78 is 80.8. The van der Waals surface area contributed by atoms with Crippen molar-refractivity contribution in [3.8, 4) is 0 Å². The number of imidazole rings is 1. The van der Waals surface area contributed by atoms with Gasteiger partial charge in [0.2, 0.25) is 0 Å². The summed E-state index contributed by atoms with van der Waals surface area (Å²) >= 11 is 0. The third-order valence-electron chi connectivity index (χ3n) is 5.08. The summed E-state index contributed by atoms with van der Waals surface area (Å²) in [5.41, 5.74) is -1.32. The minimum Gasteiger partial charge on any atom is -0.331 e. The van der Waals surface area contributed by atoms with Crippen LogP contribution in [-0.4, -0.2) is 66.9 Å². The highest BCUT2D eigenvalue weighted by molar-refractivity contribution is 7.85. The van der Waals surface area contributed by atoms with Crippen LogP contribution in [0, 0.1) is 0 Å². The molecule has 8 nitrogen and oxygen atoms in total. The lowest BCUT2D eigenvalue weighted by molar-refractivity contribution is -0.291. The summed E-state index contributed by atoms with van der Waals surface area (Å²) in [6.45, 7) is 0. The monoisotopic (exact) mass is 480 g/mol. The van der Waals surface area contributed by atoms with Crippen LogP contribution in [0.4, 0.5) is 26.7 Å². The van der Waals surface area contributed by atoms with E-state index in [0.29, 0.717) is 6.07 Å². The van der Waals surface area contributed by atoms with Crippen molar-refractivity contribution in [2.24, 2.45) is 19.1 Å². The van der Waals surface area contributed by atoms with E-state index in [9.17, 15) is 31.0 Å². The fourth-order valence-electron chi connectivity index (χ4n) is 3.42. The van der Waals surface area contributed by atoms with E-state index in [2.05, 4.69) is 15.3 Å². The number of alkyl halides is 5. The van der Waals surface area contributed by atoms with E-state index in [1.807, 2.05) is 0 Å². The number of urea groups is 1. The van der Waals surface area contributed by atoms with E-state index in [1.165, 1.54) is 42.9 Å². The van der Waals surface area contributed by atoms with E-state index in [-0.39, 0.29) is 22.8 Å². The van der Waals surface area contributed by atoms with Crippen LogP contribution in [0.1, 0.15) is 17.6 Å². The standard InChI is InChI=1S/C18H21F5N6O2S/c1-27(2)16(30)26-12-7-6-10(32(5)31)13(25-12)14-24-9-8-11(17(19,20)18(21,22)23)28(3)15(9)29(14)4/h6-8,10,13H,1-5H3,(H,25,26,30). The predicted molar refractivity (Wildman–Crippen MR) is 109 cm³/mol. The second kappa shape index (κ2) is 7.98. The Morgan fingerprint density at radius 3 is 2.31 bits per heavy atom. The number of amidine groups is 1. The maximum absolute atomic E-state index is 13.9. The summed E-state index contributed by atoms with van der Waals surface area (Å²) in [4.78, 5) is 21.9. The Hall–Kier alpha value is -2.77. The first-order valence-electron chi connectivity index (χ1n) is 9.20. The SMILES string of the molecule is CN(C)C(=O)NC1=NC(c2nc3cc(C(F)(F)C(F)(F)F)n(C)c3n2C)C(S(C)=O)C=C1. The Bertz CT molecular complexity index is 1150. The highest BCUT2D eigenvalue weighted by atomic mass is 32.2. The van der Waals surface area contributed by atoms with Gasteiger partial charge in [-0.3, -0.25) is 14.5 Å². The zero-order valence-electron chi connectivity index (χ0n) is 17.7. The lowest BCUT2D eigenvalue weighted by Crippen LogP contribution is -2.40. The highest BCUT2D eigenvalue weighted by Gasteiger charge is 2.60. The fraction of sp³-hybridized carbons (Fsp3) is 0.500. The van der Waals surface area contributed by atoms with Crippen molar-refractivity contribution in [1.29, 1.82) is 0 Å². The van der Waals surface area contributed by atoms with Gasteiger partial charge in [-0.25, -0.2) is 9.78 Å². The molecule has 3 atom stereocenters. The molecular weight excluding hydrogens is 459 g/mol. The molecule has 1 aliphatic rings. The number of aromatic nitrogens is 3. The summed E-state index contributed by atoms with van der Waals surface area (Å²) in [6.07, 6.45) is -1.23. The number of hydrogen-bond donors (Lipinski definition) is 1. The Labute approximate surface area is 182 Å². The van der Waals surface area contributed by atoms with Crippen molar-refractivity contribution in [3.63, 3.8) is 0 Å². The zero-order valence-corrected chi connectivity index (χ0v) is 18.6. The molecule has 1 N–H and O–H groups in total. The molecule has 32 heavy (non-hydrogen) atoms. The number of aryl methyl sites for hydroxylation is 2. The predicted octanol–water partition coefficient (Wildman–Crippen LogP) is 2.59. The fourth-order valence-corrected chi connectivity index (χ4v) is 4.27. The largest absolute Gasteiger partial charge is 0.459 e. The molecule has 0 bridgehead atoms. The van der Waals surface area contributed by atoms with E-state index in [1.54, 1.807) is 6.08 Å². The molecule has 14 heteroatoms. The van der Waals surface area contributed by atoms with Gasteiger partial charge in [0.1, 0.15) is 34.6 Å². The number of dihydropyridines is 1. The average molecular weight is 480 g/mol. The summed E-state index contributed by atoms with van der Waals surface area (Å²) in [6, 6.07) is -0.638. The zero-order chi connectivity index (χ0) is 24.2. The lowest BCUT2D eigenvalue weighted by atomic mass is 10.1. The molecule has 2 aromatic heterocycles. The average Bonchev–Trinajstić information content (AvgIpc) is 3.17.